The third kappa shape index (κ3) is 3.62. The molecule has 28 heavy (non-hydrogen) atoms. The first-order valence-electron chi connectivity index (χ1n) is 9.05. The summed E-state index contributed by atoms with van der Waals surface area (Å²) in [6.45, 7) is 1.08. The Labute approximate surface area is 163 Å². The van der Waals surface area contributed by atoms with Gasteiger partial charge >= 0.3 is 0 Å². The Morgan fingerprint density at radius 2 is 1.82 bits per heavy atom. The van der Waals surface area contributed by atoms with E-state index in [1.54, 1.807) is 23.6 Å². The van der Waals surface area contributed by atoms with E-state index >= 15 is 0 Å². The molecular weight excluding hydrogens is 354 g/mol. The molecule has 0 saturated carbocycles. The molecule has 0 saturated heterocycles. The average Bonchev–Trinajstić information content (AvgIpc) is 2.73. The van der Waals surface area contributed by atoms with Gasteiger partial charge in [-0.05, 0) is 18.6 Å². The second-order valence-electron chi connectivity index (χ2n) is 6.78. The summed E-state index contributed by atoms with van der Waals surface area (Å²) in [5.74, 6) is 1.27. The van der Waals surface area contributed by atoms with Gasteiger partial charge in [-0.2, -0.15) is 0 Å². The first kappa shape index (κ1) is 17.8. The molecule has 0 radical (unpaired) electrons. The Morgan fingerprint density at radius 1 is 1.07 bits per heavy atom. The normalized spacial score (nSPS) is 13.0. The molecule has 0 aliphatic carbocycles. The molecule has 0 fully saturated rings. The number of nitrogens with zero attached hydrogens (tertiary/aromatic N) is 6. The topological polar surface area (TPSA) is 87.1 Å². The molecule has 2 aromatic heterocycles. The average molecular weight is 375 g/mol. The maximum atomic E-state index is 12.9. The lowest BCUT2D eigenvalue weighted by Crippen LogP contribution is -2.37. The second-order valence-corrected chi connectivity index (χ2v) is 6.78. The van der Waals surface area contributed by atoms with Gasteiger partial charge in [0.15, 0.2) is 0 Å². The van der Waals surface area contributed by atoms with Gasteiger partial charge in [-0.1, -0.05) is 18.2 Å². The van der Waals surface area contributed by atoms with E-state index in [1.165, 1.54) is 0 Å². The number of nitrogens with one attached hydrogen (secondary N) is 1. The summed E-state index contributed by atoms with van der Waals surface area (Å²) in [5.41, 5.74) is 3.35. The molecule has 0 spiro atoms. The van der Waals surface area contributed by atoms with Crippen LogP contribution in [0.2, 0.25) is 0 Å². The van der Waals surface area contributed by atoms with Gasteiger partial charge in [0.2, 0.25) is 5.95 Å². The van der Waals surface area contributed by atoms with E-state index in [0.29, 0.717) is 24.6 Å². The highest BCUT2D eigenvalue weighted by atomic mass is 16.2. The lowest BCUT2D eigenvalue weighted by Gasteiger charge is -2.30. The molecular formula is C20H21N7O. The van der Waals surface area contributed by atoms with Crippen LogP contribution in [0.1, 0.15) is 21.6 Å². The van der Waals surface area contributed by atoms with Crippen molar-refractivity contribution >= 4 is 23.4 Å². The molecule has 0 atom stereocenters. The minimum atomic E-state index is -0.0954. The van der Waals surface area contributed by atoms with Gasteiger partial charge in [0, 0.05) is 44.3 Å². The molecule has 1 amide bonds. The number of anilines is 3. The molecule has 8 heteroatoms. The fourth-order valence-electron chi connectivity index (χ4n) is 3.23. The molecule has 3 heterocycles. The molecule has 1 aromatic carbocycles. The summed E-state index contributed by atoms with van der Waals surface area (Å²) in [6, 6.07) is 9.66. The standard InChI is InChI=1S/C20H21N7O/c1-26(2)18-16-8-9-27(12-17(16)23-13-24-18)19(28)14-10-21-20(22-11-14)25-15-6-4-3-5-7-15/h3-7,10-11,13H,8-9,12H2,1-2H3,(H,21,22,25). The van der Waals surface area contributed by atoms with Crippen LogP contribution in [0.5, 0.6) is 0 Å². The van der Waals surface area contributed by atoms with Gasteiger partial charge in [0.25, 0.3) is 5.91 Å². The van der Waals surface area contributed by atoms with E-state index in [0.717, 1.165) is 29.2 Å². The van der Waals surface area contributed by atoms with Crippen LogP contribution in [-0.2, 0) is 13.0 Å². The first-order valence-corrected chi connectivity index (χ1v) is 9.05. The molecule has 4 rings (SSSR count). The van der Waals surface area contributed by atoms with E-state index in [-0.39, 0.29) is 5.91 Å². The van der Waals surface area contributed by atoms with E-state index in [1.807, 2.05) is 49.3 Å². The minimum Gasteiger partial charge on any atom is -0.362 e. The van der Waals surface area contributed by atoms with Gasteiger partial charge in [0.05, 0.1) is 17.8 Å². The number of rotatable bonds is 4. The van der Waals surface area contributed by atoms with E-state index in [4.69, 9.17) is 0 Å². The van der Waals surface area contributed by atoms with Crippen molar-refractivity contribution in [1.29, 1.82) is 0 Å². The Hall–Kier alpha value is -3.55. The zero-order valence-electron chi connectivity index (χ0n) is 15.8. The summed E-state index contributed by atoms with van der Waals surface area (Å²) in [7, 11) is 3.92. The van der Waals surface area contributed by atoms with Crippen molar-refractivity contribution in [3.8, 4) is 0 Å². The SMILES string of the molecule is CN(C)c1ncnc2c1CCN(C(=O)c1cnc(Nc3ccccc3)nc1)C2. The molecule has 3 aromatic rings. The number of para-hydroxylation sites is 1. The number of carbonyl (C=O) groups excluding carboxylic acids is 1. The second kappa shape index (κ2) is 7.59. The van der Waals surface area contributed by atoms with Gasteiger partial charge in [-0.25, -0.2) is 19.9 Å². The summed E-state index contributed by atoms with van der Waals surface area (Å²) in [4.78, 5) is 33.9. The van der Waals surface area contributed by atoms with Gasteiger partial charge in [0.1, 0.15) is 12.1 Å². The van der Waals surface area contributed by atoms with E-state index < -0.39 is 0 Å². The quantitative estimate of drug-likeness (QED) is 0.748. The Morgan fingerprint density at radius 3 is 2.54 bits per heavy atom. The van der Waals surface area contributed by atoms with Crippen molar-refractivity contribution in [2.24, 2.45) is 0 Å². The zero-order chi connectivity index (χ0) is 19.5. The molecule has 1 aliphatic rings. The maximum absolute atomic E-state index is 12.9. The highest BCUT2D eigenvalue weighted by Gasteiger charge is 2.25. The number of benzene rings is 1. The van der Waals surface area contributed by atoms with E-state index in [9.17, 15) is 4.79 Å². The van der Waals surface area contributed by atoms with E-state index in [2.05, 4.69) is 25.3 Å². The number of aromatic nitrogens is 4. The van der Waals surface area contributed by atoms with Crippen molar-refractivity contribution < 1.29 is 4.79 Å². The molecule has 8 nitrogen and oxygen atoms in total. The summed E-state index contributed by atoms with van der Waals surface area (Å²) >= 11 is 0. The number of fused-ring (bicyclic) bond motifs is 1. The fraction of sp³-hybridized carbons (Fsp3) is 0.250. The highest BCUT2D eigenvalue weighted by molar-refractivity contribution is 5.93. The summed E-state index contributed by atoms with van der Waals surface area (Å²) in [6.07, 6.45) is 5.39. The van der Waals surface area contributed by atoms with Crippen molar-refractivity contribution in [1.82, 2.24) is 24.8 Å². The number of hydrogen-bond donors (Lipinski definition) is 1. The fourth-order valence-corrected chi connectivity index (χ4v) is 3.23. The van der Waals surface area contributed by atoms with Crippen LogP contribution in [0, 0.1) is 0 Å². The predicted molar refractivity (Wildman–Crippen MR) is 107 cm³/mol. The van der Waals surface area contributed by atoms with Crippen LogP contribution in [0.4, 0.5) is 17.5 Å². The molecule has 1 N–H and O–H groups in total. The maximum Gasteiger partial charge on any atom is 0.257 e. The Bertz CT molecular complexity index is 974. The lowest BCUT2D eigenvalue weighted by molar-refractivity contribution is 0.0731. The first-order chi connectivity index (χ1) is 13.6. The Kier molecular flexibility index (Phi) is 4.84. The summed E-state index contributed by atoms with van der Waals surface area (Å²) in [5, 5.41) is 3.11. The zero-order valence-corrected chi connectivity index (χ0v) is 15.8. The molecule has 142 valence electrons. The number of amides is 1. The van der Waals surface area contributed by atoms with Crippen LogP contribution >= 0.6 is 0 Å². The van der Waals surface area contributed by atoms with Crippen molar-refractivity contribution in [3.63, 3.8) is 0 Å². The van der Waals surface area contributed by atoms with Gasteiger partial charge < -0.3 is 15.1 Å². The van der Waals surface area contributed by atoms with Crippen LogP contribution < -0.4 is 10.2 Å². The molecule has 0 bridgehead atoms. The van der Waals surface area contributed by atoms with Crippen LogP contribution in [-0.4, -0.2) is 51.4 Å². The minimum absolute atomic E-state index is 0.0954. The molecule has 1 aliphatic heterocycles. The lowest BCUT2D eigenvalue weighted by atomic mass is 10.0. The van der Waals surface area contributed by atoms with Crippen LogP contribution in [0.15, 0.2) is 49.1 Å². The van der Waals surface area contributed by atoms with Crippen LogP contribution in [0.3, 0.4) is 0 Å². The monoisotopic (exact) mass is 375 g/mol. The predicted octanol–water partition coefficient (Wildman–Crippen LogP) is 2.27. The largest absolute Gasteiger partial charge is 0.362 e. The summed E-state index contributed by atoms with van der Waals surface area (Å²) < 4.78 is 0. The molecule has 0 unspecified atom stereocenters. The van der Waals surface area contributed by atoms with Crippen molar-refractivity contribution in [3.05, 3.63) is 65.9 Å². The van der Waals surface area contributed by atoms with Gasteiger partial charge in [-0.3, -0.25) is 4.79 Å². The third-order valence-corrected chi connectivity index (χ3v) is 4.62. The highest BCUT2D eigenvalue weighted by Crippen LogP contribution is 2.25. The van der Waals surface area contributed by atoms with Crippen molar-refractivity contribution in [2.75, 3.05) is 30.9 Å². The van der Waals surface area contributed by atoms with Crippen LogP contribution in [0.25, 0.3) is 0 Å². The third-order valence-electron chi connectivity index (χ3n) is 4.62. The smallest absolute Gasteiger partial charge is 0.257 e. The Balaban J connectivity index is 1.47. The van der Waals surface area contributed by atoms with Gasteiger partial charge in [-0.15, -0.1) is 0 Å². The van der Waals surface area contributed by atoms with Crippen molar-refractivity contribution in [2.45, 2.75) is 13.0 Å². The number of carbonyl (C=O) groups is 1. The number of hydrogen-bond acceptors (Lipinski definition) is 7.